The molecule has 5 heteroatoms. The summed E-state index contributed by atoms with van der Waals surface area (Å²) in [6.45, 7) is 4.87. The van der Waals surface area contributed by atoms with Crippen molar-refractivity contribution in [1.29, 1.82) is 0 Å². The van der Waals surface area contributed by atoms with E-state index in [1.54, 1.807) is 0 Å². The first-order chi connectivity index (χ1) is 10.1. The molecule has 0 aliphatic carbocycles. The van der Waals surface area contributed by atoms with Gasteiger partial charge in [-0.05, 0) is 72.9 Å². The lowest BCUT2D eigenvalue weighted by molar-refractivity contribution is -0.150. The molecule has 0 bridgehead atoms. The predicted octanol–water partition coefficient (Wildman–Crippen LogP) is 1.04. The number of hydrogen-bond donors (Lipinski definition) is 0. The van der Waals surface area contributed by atoms with E-state index in [1.807, 2.05) is 14.1 Å². The van der Waals surface area contributed by atoms with Crippen LogP contribution in [0.5, 0.6) is 0 Å². The maximum absolute atomic E-state index is 12.3. The van der Waals surface area contributed by atoms with Gasteiger partial charge in [0, 0.05) is 12.6 Å². The van der Waals surface area contributed by atoms with Gasteiger partial charge in [0.05, 0.1) is 6.61 Å². The topological polar surface area (TPSA) is 36.0 Å². The van der Waals surface area contributed by atoms with Crippen molar-refractivity contribution in [3.63, 3.8) is 0 Å². The van der Waals surface area contributed by atoms with Crippen molar-refractivity contribution in [2.24, 2.45) is 0 Å². The second-order valence-electron chi connectivity index (χ2n) is 6.75. The Morgan fingerprint density at radius 3 is 2.57 bits per heavy atom. The Morgan fingerprint density at radius 2 is 1.90 bits per heavy atom. The van der Waals surface area contributed by atoms with Crippen LogP contribution in [-0.2, 0) is 9.53 Å². The molecular formula is C16H31N3O2. The molecule has 21 heavy (non-hydrogen) atoms. The third-order valence-electron chi connectivity index (χ3n) is 4.72. The first kappa shape index (κ1) is 16.7. The van der Waals surface area contributed by atoms with Crippen LogP contribution in [0.15, 0.2) is 0 Å². The summed E-state index contributed by atoms with van der Waals surface area (Å²) in [6.07, 6.45) is 5.38. The minimum atomic E-state index is 0.00480. The number of likely N-dealkylation sites (tertiary alicyclic amines) is 2. The highest BCUT2D eigenvalue weighted by Crippen LogP contribution is 2.26. The van der Waals surface area contributed by atoms with Crippen LogP contribution in [0.1, 0.15) is 32.1 Å². The molecule has 2 saturated heterocycles. The molecule has 0 spiro atoms. The molecule has 0 aromatic heterocycles. The predicted molar refractivity (Wildman–Crippen MR) is 84.4 cm³/mol. The van der Waals surface area contributed by atoms with Gasteiger partial charge in [-0.25, -0.2) is 0 Å². The van der Waals surface area contributed by atoms with E-state index in [4.69, 9.17) is 4.74 Å². The van der Waals surface area contributed by atoms with E-state index in [2.05, 4.69) is 21.7 Å². The highest BCUT2D eigenvalue weighted by atomic mass is 16.5. The van der Waals surface area contributed by atoms with Crippen LogP contribution in [0, 0.1) is 0 Å². The average molecular weight is 297 g/mol. The van der Waals surface area contributed by atoms with Gasteiger partial charge >= 0.3 is 5.97 Å². The summed E-state index contributed by atoms with van der Waals surface area (Å²) in [4.78, 5) is 19.2. The van der Waals surface area contributed by atoms with E-state index in [-0.39, 0.29) is 12.0 Å². The van der Waals surface area contributed by atoms with Crippen LogP contribution < -0.4 is 0 Å². The van der Waals surface area contributed by atoms with E-state index in [0.717, 1.165) is 45.4 Å². The first-order valence-electron chi connectivity index (χ1n) is 8.33. The molecule has 2 aliphatic heterocycles. The lowest BCUT2D eigenvalue weighted by Crippen LogP contribution is -2.48. The Kier molecular flexibility index (Phi) is 6.45. The zero-order chi connectivity index (χ0) is 15.2. The Labute approximate surface area is 129 Å². The minimum absolute atomic E-state index is 0.00480. The molecule has 0 saturated carbocycles. The fourth-order valence-electron chi connectivity index (χ4n) is 3.46. The van der Waals surface area contributed by atoms with Gasteiger partial charge in [-0.15, -0.1) is 0 Å². The second kappa shape index (κ2) is 8.11. The van der Waals surface area contributed by atoms with E-state index >= 15 is 0 Å². The summed E-state index contributed by atoms with van der Waals surface area (Å²) in [5.74, 6) is 0.00480. The lowest BCUT2D eigenvalue weighted by atomic mass is 10.0. The highest BCUT2D eigenvalue weighted by molar-refractivity contribution is 5.76. The molecule has 2 aliphatic rings. The van der Waals surface area contributed by atoms with Crippen LogP contribution in [0.4, 0.5) is 0 Å². The van der Waals surface area contributed by atoms with E-state index in [1.165, 1.54) is 12.8 Å². The molecule has 1 unspecified atom stereocenters. The van der Waals surface area contributed by atoms with Crippen molar-refractivity contribution in [2.45, 2.75) is 44.2 Å². The molecule has 5 nitrogen and oxygen atoms in total. The zero-order valence-electron chi connectivity index (χ0n) is 13.9. The van der Waals surface area contributed by atoms with Gasteiger partial charge in [-0.2, -0.15) is 0 Å². The van der Waals surface area contributed by atoms with Gasteiger partial charge < -0.3 is 14.5 Å². The Bertz CT molecular complexity index is 327. The number of ether oxygens (including phenoxy) is 1. The normalized spacial score (nSPS) is 25.6. The summed E-state index contributed by atoms with van der Waals surface area (Å²) in [6, 6.07) is 0.584. The van der Waals surface area contributed by atoms with Gasteiger partial charge in [0.25, 0.3) is 0 Å². The van der Waals surface area contributed by atoms with Crippen LogP contribution in [0.25, 0.3) is 0 Å². The molecule has 0 aromatic rings. The van der Waals surface area contributed by atoms with Crippen molar-refractivity contribution in [3.8, 4) is 0 Å². The molecule has 2 heterocycles. The average Bonchev–Trinajstić information content (AvgIpc) is 2.93. The first-order valence-corrected chi connectivity index (χ1v) is 8.33. The number of piperidine rings is 1. The maximum atomic E-state index is 12.3. The fourth-order valence-corrected chi connectivity index (χ4v) is 3.46. The molecule has 0 aromatic carbocycles. The second-order valence-corrected chi connectivity index (χ2v) is 6.75. The Balaban J connectivity index is 1.76. The quantitative estimate of drug-likeness (QED) is 0.541. The SMILES string of the molecule is CN(C)CCCOC(=O)C1CCCN1C1CCN(C)CC1. The van der Waals surface area contributed by atoms with Crippen LogP contribution in [0.3, 0.4) is 0 Å². The highest BCUT2D eigenvalue weighted by Gasteiger charge is 2.37. The molecular weight excluding hydrogens is 266 g/mol. The van der Waals surface area contributed by atoms with Crippen molar-refractivity contribution < 1.29 is 9.53 Å². The number of carbonyl (C=O) groups excluding carboxylic acids is 1. The summed E-state index contributed by atoms with van der Waals surface area (Å²) in [5, 5.41) is 0. The van der Waals surface area contributed by atoms with E-state index in [0.29, 0.717) is 12.6 Å². The molecule has 1 atom stereocenters. The third kappa shape index (κ3) is 4.94. The minimum Gasteiger partial charge on any atom is -0.464 e. The molecule has 0 N–H and O–H groups in total. The summed E-state index contributed by atoms with van der Waals surface area (Å²) in [7, 11) is 6.26. The number of nitrogens with zero attached hydrogens (tertiary/aromatic N) is 3. The summed E-state index contributed by atoms with van der Waals surface area (Å²) in [5.41, 5.74) is 0. The fraction of sp³-hybridized carbons (Fsp3) is 0.938. The van der Waals surface area contributed by atoms with Gasteiger partial charge in [0.1, 0.15) is 6.04 Å². The van der Waals surface area contributed by atoms with Crippen molar-refractivity contribution in [2.75, 3.05) is 53.9 Å². The van der Waals surface area contributed by atoms with Gasteiger partial charge in [0.15, 0.2) is 0 Å². The maximum Gasteiger partial charge on any atom is 0.323 e. The number of esters is 1. The summed E-state index contributed by atoms with van der Waals surface area (Å²) >= 11 is 0. The Morgan fingerprint density at radius 1 is 1.19 bits per heavy atom. The smallest absolute Gasteiger partial charge is 0.323 e. The number of rotatable bonds is 6. The van der Waals surface area contributed by atoms with Crippen LogP contribution in [-0.4, -0.2) is 86.7 Å². The standard InChI is InChI=1S/C16H31N3O2/c1-17(2)9-5-13-21-16(20)15-6-4-10-19(15)14-7-11-18(3)12-8-14/h14-15H,4-13H2,1-3H3. The van der Waals surface area contributed by atoms with Gasteiger partial charge in [0.2, 0.25) is 0 Å². The summed E-state index contributed by atoms with van der Waals surface area (Å²) < 4.78 is 5.50. The molecule has 2 fully saturated rings. The third-order valence-corrected chi connectivity index (χ3v) is 4.72. The molecule has 2 rings (SSSR count). The Hall–Kier alpha value is -0.650. The van der Waals surface area contributed by atoms with E-state index in [9.17, 15) is 4.79 Å². The largest absolute Gasteiger partial charge is 0.464 e. The number of hydrogen-bond acceptors (Lipinski definition) is 5. The molecule has 122 valence electrons. The van der Waals surface area contributed by atoms with Crippen LogP contribution in [0.2, 0.25) is 0 Å². The zero-order valence-corrected chi connectivity index (χ0v) is 13.9. The van der Waals surface area contributed by atoms with Gasteiger partial charge in [-0.1, -0.05) is 0 Å². The van der Waals surface area contributed by atoms with Crippen molar-refractivity contribution >= 4 is 5.97 Å². The lowest BCUT2D eigenvalue weighted by Gasteiger charge is -2.37. The molecule has 0 radical (unpaired) electrons. The van der Waals surface area contributed by atoms with E-state index < -0.39 is 0 Å². The van der Waals surface area contributed by atoms with Crippen LogP contribution >= 0.6 is 0 Å². The van der Waals surface area contributed by atoms with Crippen molar-refractivity contribution in [3.05, 3.63) is 0 Å². The monoisotopic (exact) mass is 297 g/mol. The number of carbonyl (C=O) groups is 1. The van der Waals surface area contributed by atoms with Gasteiger partial charge in [-0.3, -0.25) is 9.69 Å². The van der Waals surface area contributed by atoms with Crippen molar-refractivity contribution in [1.82, 2.24) is 14.7 Å². The molecule has 0 amide bonds.